The summed E-state index contributed by atoms with van der Waals surface area (Å²) in [6.07, 6.45) is 2.41. The van der Waals surface area contributed by atoms with Crippen molar-refractivity contribution in [3.63, 3.8) is 0 Å². The van der Waals surface area contributed by atoms with Gasteiger partial charge in [-0.2, -0.15) is 5.10 Å². The number of primary amides is 1. The van der Waals surface area contributed by atoms with Gasteiger partial charge in [-0.15, -0.1) is 0 Å². The van der Waals surface area contributed by atoms with Crippen LogP contribution in [0.25, 0.3) is 10.9 Å². The lowest BCUT2D eigenvalue weighted by molar-refractivity contribution is -0.134. The van der Waals surface area contributed by atoms with E-state index >= 15 is 0 Å². The number of nitrogens with two attached hydrogens (primary N) is 1. The lowest BCUT2D eigenvalue weighted by Crippen LogP contribution is -2.48. The van der Waals surface area contributed by atoms with Crippen LogP contribution in [0.5, 0.6) is 0 Å². The number of fused-ring (bicyclic) bond motifs is 1. The summed E-state index contributed by atoms with van der Waals surface area (Å²) in [6.45, 7) is 5.51. The highest BCUT2D eigenvalue weighted by molar-refractivity contribution is 5.92. The summed E-state index contributed by atoms with van der Waals surface area (Å²) in [7, 11) is 0. The van der Waals surface area contributed by atoms with E-state index < -0.39 is 23.3 Å². The molecule has 2 amide bonds. The Morgan fingerprint density at radius 2 is 1.75 bits per heavy atom. The van der Waals surface area contributed by atoms with E-state index in [9.17, 15) is 14.4 Å². The summed E-state index contributed by atoms with van der Waals surface area (Å²) in [5, 5.41) is 10.6. The molecule has 7 heteroatoms. The molecule has 0 saturated carbocycles. The quantitative estimate of drug-likeness (QED) is 0.480. The fraction of sp³-hybridized carbons (Fsp3) is 0.360. The topological polar surface area (TPSA) is 118 Å². The minimum atomic E-state index is -0.897. The van der Waals surface area contributed by atoms with Crippen molar-refractivity contribution in [1.29, 1.82) is 0 Å². The van der Waals surface area contributed by atoms with Crippen LogP contribution < -0.4 is 11.1 Å². The van der Waals surface area contributed by atoms with Gasteiger partial charge in [-0.3, -0.25) is 19.5 Å². The number of H-pyrrole nitrogens is 1. The number of benzene rings is 2. The first-order valence-electron chi connectivity index (χ1n) is 10.7. The van der Waals surface area contributed by atoms with Crippen LogP contribution in [-0.4, -0.2) is 33.8 Å². The van der Waals surface area contributed by atoms with Crippen LogP contribution in [0.3, 0.4) is 0 Å². The molecule has 0 radical (unpaired) electrons. The standard InChI is InChI=1S/C25H30N4O3/c1-25(2,3)22(30)14-18(12-16-8-5-4-6-9-16)24(32)28-21(23(26)31)13-17-10-7-11-20-19(17)15-27-29-20/h4-11,15,18,21H,12-14H2,1-3H3,(H2,26,31)(H,27,29)(H,28,32)/t18-,21+/m1/s1. The van der Waals surface area contributed by atoms with Crippen molar-refractivity contribution in [3.05, 3.63) is 65.9 Å². The van der Waals surface area contributed by atoms with E-state index in [0.717, 1.165) is 22.0 Å². The Balaban J connectivity index is 1.80. The van der Waals surface area contributed by atoms with Gasteiger partial charge in [0, 0.05) is 29.6 Å². The SMILES string of the molecule is CC(C)(C)C(=O)C[C@@H](Cc1ccccc1)C(=O)N[C@@H](Cc1cccc2[nH]ncc12)C(N)=O. The second-order valence-electron chi connectivity index (χ2n) is 9.18. The van der Waals surface area contributed by atoms with E-state index in [2.05, 4.69) is 15.5 Å². The van der Waals surface area contributed by atoms with Crippen molar-refractivity contribution in [3.8, 4) is 0 Å². The van der Waals surface area contributed by atoms with Crippen molar-refractivity contribution >= 4 is 28.5 Å². The van der Waals surface area contributed by atoms with E-state index in [0.29, 0.717) is 6.42 Å². The van der Waals surface area contributed by atoms with Gasteiger partial charge in [0.2, 0.25) is 11.8 Å². The molecule has 0 aliphatic carbocycles. The number of carbonyl (C=O) groups excluding carboxylic acids is 3. The first kappa shape index (κ1) is 23.2. The molecule has 0 bridgehead atoms. The maximum atomic E-state index is 13.2. The van der Waals surface area contributed by atoms with Crippen molar-refractivity contribution in [2.45, 2.75) is 46.1 Å². The van der Waals surface area contributed by atoms with Gasteiger partial charge in [0.05, 0.1) is 11.7 Å². The lowest BCUT2D eigenvalue weighted by atomic mass is 9.83. The highest BCUT2D eigenvalue weighted by Crippen LogP contribution is 2.23. The summed E-state index contributed by atoms with van der Waals surface area (Å²) in [6, 6.07) is 14.3. The molecule has 0 spiro atoms. The molecular formula is C25H30N4O3. The number of Topliss-reactive ketones (excluding diaryl/α,β-unsaturated/α-hetero) is 1. The van der Waals surface area contributed by atoms with Gasteiger partial charge < -0.3 is 11.1 Å². The second-order valence-corrected chi connectivity index (χ2v) is 9.18. The third kappa shape index (κ3) is 5.81. The van der Waals surface area contributed by atoms with Crippen LogP contribution in [0.2, 0.25) is 0 Å². The van der Waals surface area contributed by atoms with Crippen LogP contribution in [0.4, 0.5) is 0 Å². The summed E-state index contributed by atoms with van der Waals surface area (Å²) < 4.78 is 0. The zero-order valence-electron chi connectivity index (χ0n) is 18.7. The van der Waals surface area contributed by atoms with Gasteiger partial charge in [-0.25, -0.2) is 0 Å². The number of aromatic amines is 1. The number of amides is 2. The largest absolute Gasteiger partial charge is 0.368 e. The Hall–Kier alpha value is -3.48. The molecule has 1 aromatic heterocycles. The Labute approximate surface area is 187 Å². The van der Waals surface area contributed by atoms with Gasteiger partial charge in [-0.05, 0) is 23.6 Å². The fourth-order valence-corrected chi connectivity index (χ4v) is 3.63. The van der Waals surface area contributed by atoms with Gasteiger partial charge in [0.25, 0.3) is 0 Å². The molecule has 2 atom stereocenters. The fourth-order valence-electron chi connectivity index (χ4n) is 3.63. The number of nitrogens with zero attached hydrogens (tertiary/aromatic N) is 1. The first-order valence-corrected chi connectivity index (χ1v) is 10.7. The van der Waals surface area contributed by atoms with Crippen molar-refractivity contribution in [2.24, 2.45) is 17.1 Å². The molecule has 0 unspecified atom stereocenters. The molecule has 0 aliphatic rings. The lowest BCUT2D eigenvalue weighted by Gasteiger charge is -2.24. The van der Waals surface area contributed by atoms with Gasteiger partial charge in [0.1, 0.15) is 11.8 Å². The third-order valence-electron chi connectivity index (χ3n) is 5.62. The number of carbonyl (C=O) groups is 3. The number of rotatable bonds is 9. The average molecular weight is 435 g/mol. The summed E-state index contributed by atoms with van der Waals surface area (Å²) >= 11 is 0. The minimum Gasteiger partial charge on any atom is -0.368 e. The monoisotopic (exact) mass is 434 g/mol. The van der Waals surface area contributed by atoms with Crippen LogP contribution in [-0.2, 0) is 27.2 Å². The van der Waals surface area contributed by atoms with E-state index in [1.165, 1.54) is 0 Å². The number of aromatic nitrogens is 2. The van der Waals surface area contributed by atoms with Gasteiger partial charge >= 0.3 is 0 Å². The molecule has 32 heavy (non-hydrogen) atoms. The van der Waals surface area contributed by atoms with Crippen LogP contribution in [0.1, 0.15) is 38.3 Å². The van der Waals surface area contributed by atoms with Crippen molar-refractivity contribution < 1.29 is 14.4 Å². The molecule has 7 nitrogen and oxygen atoms in total. The molecule has 3 aromatic rings. The van der Waals surface area contributed by atoms with Crippen molar-refractivity contribution in [1.82, 2.24) is 15.5 Å². The average Bonchev–Trinajstić information content (AvgIpc) is 3.22. The minimum absolute atomic E-state index is 0.00706. The highest BCUT2D eigenvalue weighted by Gasteiger charge is 2.30. The molecule has 3 rings (SSSR count). The predicted octanol–water partition coefficient (Wildman–Crippen LogP) is 2.94. The van der Waals surface area contributed by atoms with Crippen LogP contribution >= 0.6 is 0 Å². The maximum absolute atomic E-state index is 13.2. The van der Waals surface area contributed by atoms with Crippen LogP contribution in [0, 0.1) is 11.3 Å². The Morgan fingerprint density at radius 1 is 1.03 bits per heavy atom. The molecule has 4 N–H and O–H groups in total. The molecule has 0 saturated heterocycles. The number of hydrogen-bond donors (Lipinski definition) is 3. The smallest absolute Gasteiger partial charge is 0.240 e. The zero-order chi connectivity index (χ0) is 23.3. The first-order chi connectivity index (χ1) is 15.1. The molecular weight excluding hydrogens is 404 g/mol. The Bertz CT molecular complexity index is 1100. The number of nitrogens with one attached hydrogen (secondary N) is 2. The zero-order valence-corrected chi connectivity index (χ0v) is 18.7. The molecule has 0 aliphatic heterocycles. The Morgan fingerprint density at radius 3 is 2.41 bits per heavy atom. The van der Waals surface area contributed by atoms with Crippen LogP contribution in [0.15, 0.2) is 54.7 Å². The van der Waals surface area contributed by atoms with E-state index in [-0.39, 0.29) is 24.5 Å². The Kier molecular flexibility index (Phi) is 7.08. The molecule has 2 aromatic carbocycles. The molecule has 1 heterocycles. The summed E-state index contributed by atoms with van der Waals surface area (Å²) in [5.41, 5.74) is 7.72. The van der Waals surface area contributed by atoms with Gasteiger partial charge in [-0.1, -0.05) is 63.2 Å². The maximum Gasteiger partial charge on any atom is 0.240 e. The highest BCUT2D eigenvalue weighted by atomic mass is 16.2. The third-order valence-corrected chi connectivity index (χ3v) is 5.62. The van der Waals surface area contributed by atoms with E-state index in [4.69, 9.17) is 5.73 Å². The number of ketones is 1. The summed E-state index contributed by atoms with van der Waals surface area (Å²) in [4.78, 5) is 38.1. The second kappa shape index (κ2) is 9.77. The summed E-state index contributed by atoms with van der Waals surface area (Å²) in [5.74, 6) is -1.59. The van der Waals surface area contributed by atoms with Crippen molar-refractivity contribution in [2.75, 3.05) is 0 Å². The van der Waals surface area contributed by atoms with E-state index in [1.54, 1.807) is 6.20 Å². The van der Waals surface area contributed by atoms with Gasteiger partial charge in [0.15, 0.2) is 0 Å². The normalized spacial score (nSPS) is 13.5. The molecule has 168 valence electrons. The number of hydrogen-bond acceptors (Lipinski definition) is 4. The predicted molar refractivity (Wildman–Crippen MR) is 124 cm³/mol. The van der Waals surface area contributed by atoms with E-state index in [1.807, 2.05) is 69.3 Å². The molecule has 0 fully saturated rings.